The van der Waals surface area contributed by atoms with Crippen LogP contribution in [0.5, 0.6) is 11.5 Å². The fourth-order valence-corrected chi connectivity index (χ4v) is 15.5. The Morgan fingerprint density at radius 2 is 1.28 bits per heavy atom. The van der Waals surface area contributed by atoms with Crippen LogP contribution in [-0.2, 0) is 55.9 Å². The number of ether oxygens (including phenoxy) is 4. The number of ketones is 1. The lowest BCUT2D eigenvalue weighted by Gasteiger charge is -2.40. The van der Waals surface area contributed by atoms with E-state index in [9.17, 15) is 27.9 Å². The van der Waals surface area contributed by atoms with Gasteiger partial charge in [0.2, 0.25) is 15.9 Å². The van der Waals surface area contributed by atoms with Crippen molar-refractivity contribution in [1.82, 2.24) is 4.31 Å². The molecule has 1 heterocycles. The second-order valence-corrected chi connectivity index (χ2v) is 35.8. The molecular formula is C59H97NO12SSi2. The first-order chi connectivity index (χ1) is 34.9. The number of benzene rings is 2. The summed E-state index contributed by atoms with van der Waals surface area (Å²) in [5, 5.41) is 11.0. The average Bonchev–Trinajstić information content (AvgIpc) is 3.81. The molecule has 3 fully saturated rings. The number of hydrogen-bond acceptors (Lipinski definition) is 12. The number of nitrogens with zero attached hydrogens (tertiary/aromatic N) is 1. The molecule has 0 aromatic heterocycles. The van der Waals surface area contributed by atoms with E-state index in [1.54, 1.807) is 26.4 Å². The molecule has 5 rings (SSSR count). The van der Waals surface area contributed by atoms with Crippen molar-refractivity contribution in [2.45, 2.75) is 200 Å². The lowest BCUT2D eigenvalue weighted by atomic mass is 9.69. The van der Waals surface area contributed by atoms with Crippen molar-refractivity contribution in [3.05, 3.63) is 85.0 Å². The topological polar surface area (TPSA) is 164 Å². The number of aliphatic hydroxyl groups excluding tert-OH is 1. The van der Waals surface area contributed by atoms with E-state index in [0.717, 1.165) is 54.6 Å². The van der Waals surface area contributed by atoms with Gasteiger partial charge in [0.05, 0.1) is 51.4 Å². The van der Waals surface area contributed by atoms with Crippen LogP contribution in [0.25, 0.3) is 0 Å². The number of aldehydes is 1. The fourth-order valence-electron chi connectivity index (χ4n) is 10.2. The van der Waals surface area contributed by atoms with Crippen LogP contribution in [-0.4, -0.2) is 110 Å². The van der Waals surface area contributed by atoms with Crippen molar-refractivity contribution >= 4 is 44.6 Å². The third-order valence-corrected chi connectivity index (χ3v) is 28.1. The van der Waals surface area contributed by atoms with Crippen molar-refractivity contribution < 1.29 is 55.7 Å². The molecule has 1 amide bonds. The molecule has 2 aromatic rings. The summed E-state index contributed by atoms with van der Waals surface area (Å²) in [5.74, 6) is 1.67. The number of carbonyl (C=O) groups is 3. The molecule has 2 aliphatic carbocycles. The van der Waals surface area contributed by atoms with Crippen molar-refractivity contribution in [3.8, 4) is 11.5 Å². The zero-order valence-corrected chi connectivity index (χ0v) is 51.4. The Balaban J connectivity index is 0.000000303. The van der Waals surface area contributed by atoms with Crippen molar-refractivity contribution in [1.29, 1.82) is 0 Å². The number of hydrogen-bond donors (Lipinski definition) is 1. The van der Waals surface area contributed by atoms with Gasteiger partial charge in [0.15, 0.2) is 16.6 Å². The number of sulfonamides is 1. The highest BCUT2D eigenvalue weighted by atomic mass is 32.2. The number of amides is 1. The maximum absolute atomic E-state index is 12.5. The number of Topliss-reactive ketones (excluding diaryl/α,β-unsaturated/α-hetero) is 1. The van der Waals surface area contributed by atoms with Crippen LogP contribution >= 0.6 is 0 Å². The number of carbonyl (C=O) groups excluding carboxylic acids is 3. The Labute approximate surface area is 455 Å². The van der Waals surface area contributed by atoms with Gasteiger partial charge in [0, 0.05) is 43.5 Å². The van der Waals surface area contributed by atoms with Gasteiger partial charge in [0.25, 0.3) is 0 Å². The predicted octanol–water partition coefficient (Wildman–Crippen LogP) is 12.4. The van der Waals surface area contributed by atoms with E-state index in [1.807, 2.05) is 48.5 Å². The molecule has 75 heavy (non-hydrogen) atoms. The van der Waals surface area contributed by atoms with Crippen molar-refractivity contribution in [3.63, 3.8) is 0 Å². The minimum absolute atomic E-state index is 0.0192. The lowest BCUT2D eigenvalue weighted by molar-refractivity contribution is -0.129. The largest absolute Gasteiger partial charge is 0.497 e. The first-order valence-corrected chi connectivity index (χ1v) is 34.4. The van der Waals surface area contributed by atoms with Crippen LogP contribution in [0.1, 0.15) is 138 Å². The summed E-state index contributed by atoms with van der Waals surface area (Å²) in [6, 6.07) is 15.5. The number of aliphatic hydroxyl groups is 1. The number of rotatable bonds is 27. The van der Waals surface area contributed by atoms with Crippen LogP contribution in [0.3, 0.4) is 0 Å². The van der Waals surface area contributed by atoms with Crippen LogP contribution in [0, 0.1) is 22.7 Å². The normalized spacial score (nSPS) is 21.3. The average molecular weight is 1100 g/mol. The maximum atomic E-state index is 12.5. The molecule has 1 spiro atoms. The summed E-state index contributed by atoms with van der Waals surface area (Å²) >= 11 is 0. The molecule has 3 aliphatic rings. The summed E-state index contributed by atoms with van der Waals surface area (Å²) in [6.45, 7) is 37.4. The van der Waals surface area contributed by atoms with Crippen LogP contribution in [0.15, 0.2) is 73.8 Å². The highest BCUT2D eigenvalue weighted by molar-refractivity contribution is 7.90. The molecule has 2 bridgehead atoms. The summed E-state index contributed by atoms with van der Waals surface area (Å²) in [6.07, 6.45) is 9.73. The highest BCUT2D eigenvalue weighted by Gasteiger charge is 2.72. The van der Waals surface area contributed by atoms with E-state index in [4.69, 9.17) is 27.8 Å². The monoisotopic (exact) mass is 1100 g/mol. The van der Waals surface area contributed by atoms with E-state index in [1.165, 1.54) is 11.2 Å². The minimum atomic E-state index is -3.44. The van der Waals surface area contributed by atoms with Crippen LogP contribution < -0.4 is 9.47 Å². The molecule has 16 heteroatoms. The second-order valence-electron chi connectivity index (χ2n) is 24.5. The van der Waals surface area contributed by atoms with Gasteiger partial charge < -0.3 is 37.7 Å². The van der Waals surface area contributed by atoms with Gasteiger partial charge in [-0.1, -0.05) is 91.8 Å². The second kappa shape index (κ2) is 28.4. The Bertz CT molecular complexity index is 2240. The molecule has 2 saturated carbocycles. The Morgan fingerprint density at radius 1 is 0.800 bits per heavy atom. The zero-order valence-electron chi connectivity index (χ0n) is 48.6. The molecule has 2 aromatic carbocycles. The Hall–Kier alpha value is -3.49. The van der Waals surface area contributed by atoms with E-state index in [-0.39, 0.29) is 63.0 Å². The molecule has 7 atom stereocenters. The van der Waals surface area contributed by atoms with Gasteiger partial charge in [-0.25, -0.2) is 12.7 Å². The fraction of sp³-hybridized carbons (Fsp3) is 0.678. The standard InChI is InChI=1S/C25H42O5Si.C19H32O4Si.C15H23NO3S/c1-9-10-23(19(2)26)24(27)17-22(30-31(7,8)25(3,4)5)15-16-29-18-20-11-13-21(28-6)14-12-20;1-19(2,3)24(5,6)23-18(11-13-20)12-14-22-15-16-7-9-17(21-4)10-8-16;1-4-5-6-13(17)16-12-9-11-7-8-15(12,14(11,2)3)10-20(16,18)19/h9,11-14,22-24,27H,1,10,15-18H2,2-8H3;7-10,13,18H,11-12,14-15H2,1-6H3;4,11-12H,1,5-10H2,2-3H3/t22-,23-,24?;18-;11?,12?,15-/m101/s1. The van der Waals surface area contributed by atoms with Gasteiger partial charge in [-0.2, -0.15) is 0 Å². The summed E-state index contributed by atoms with van der Waals surface area (Å²) in [7, 11) is -4.04. The molecular weight excluding hydrogens is 1000 g/mol. The third-order valence-electron chi connectivity index (χ3n) is 17.0. The Kier molecular flexibility index (Phi) is 24.9. The number of methoxy groups -OCH3 is 2. The van der Waals surface area contributed by atoms with E-state index in [2.05, 4.69) is 94.7 Å². The molecule has 0 radical (unpaired) electrons. The van der Waals surface area contributed by atoms with Gasteiger partial charge in [-0.15, -0.1) is 13.2 Å². The smallest absolute Gasteiger partial charge is 0.238 e. The van der Waals surface area contributed by atoms with Crippen molar-refractivity contribution in [2.24, 2.45) is 22.7 Å². The van der Waals surface area contributed by atoms with E-state index < -0.39 is 38.7 Å². The van der Waals surface area contributed by atoms with Gasteiger partial charge in [-0.3, -0.25) is 9.59 Å². The van der Waals surface area contributed by atoms with Gasteiger partial charge in [-0.05, 0) is 141 Å². The minimum Gasteiger partial charge on any atom is -0.497 e. The first-order valence-electron chi connectivity index (χ1n) is 27.0. The van der Waals surface area contributed by atoms with E-state index >= 15 is 0 Å². The van der Waals surface area contributed by atoms with Crippen LogP contribution in [0.4, 0.5) is 0 Å². The summed E-state index contributed by atoms with van der Waals surface area (Å²) < 4.78 is 61.2. The molecule has 1 aliphatic heterocycles. The SMILES string of the molecule is C=CCCC(=O)N1C2CC3CC[C@]2(CS1(=O)=O)C3(C)C.C=CC[C@H](C(C)=O)C(O)C[C@@H](CCOCc1ccc(OC)cc1)O[Si](C)(C)C(C)(C)C.COc1ccc(COCC[C@H](CC=O)O[Si](C)(C)C(C)(C)C)cc1. The van der Waals surface area contributed by atoms with E-state index in [0.29, 0.717) is 64.4 Å². The van der Waals surface area contributed by atoms with Crippen LogP contribution in [0.2, 0.25) is 36.3 Å². The highest BCUT2D eigenvalue weighted by Crippen LogP contribution is 2.70. The first kappa shape index (κ1) is 65.8. The maximum Gasteiger partial charge on any atom is 0.238 e. The molecule has 13 nitrogen and oxygen atoms in total. The quantitative estimate of drug-likeness (QED) is 0.0390. The number of allylic oxidation sites excluding steroid dienone is 2. The zero-order chi connectivity index (χ0) is 56.6. The molecule has 3 unspecified atom stereocenters. The molecule has 1 N–H and O–H groups in total. The number of fused-ring (bicyclic) bond motifs is 1. The molecule has 424 valence electrons. The van der Waals surface area contributed by atoms with Gasteiger partial charge >= 0.3 is 0 Å². The molecule has 1 saturated heterocycles. The Morgan fingerprint density at radius 3 is 1.69 bits per heavy atom. The lowest BCUT2D eigenvalue weighted by Crippen LogP contribution is -2.45. The summed E-state index contributed by atoms with van der Waals surface area (Å²) in [5.41, 5.74) is 2.00. The summed E-state index contributed by atoms with van der Waals surface area (Å²) in [4.78, 5) is 35.3. The third kappa shape index (κ3) is 18.0. The van der Waals surface area contributed by atoms with Gasteiger partial charge in [0.1, 0.15) is 23.6 Å². The predicted molar refractivity (Wildman–Crippen MR) is 306 cm³/mol. The van der Waals surface area contributed by atoms with Crippen molar-refractivity contribution in [2.75, 3.05) is 33.2 Å².